The lowest BCUT2D eigenvalue weighted by Gasteiger charge is -2.35. The number of fused-ring (bicyclic) bond motifs is 1. The first-order valence-electron chi connectivity index (χ1n) is 9.42. The van der Waals surface area contributed by atoms with Gasteiger partial charge in [-0.3, -0.25) is 4.90 Å². The molecule has 0 unspecified atom stereocenters. The number of aromatic amines is 1. The molecule has 3 aromatic rings. The van der Waals surface area contributed by atoms with Crippen molar-refractivity contribution < 1.29 is 13.5 Å². The van der Waals surface area contributed by atoms with Gasteiger partial charge in [-0.25, -0.2) is 18.7 Å². The van der Waals surface area contributed by atoms with E-state index in [1.807, 2.05) is 0 Å². The van der Waals surface area contributed by atoms with Crippen molar-refractivity contribution in [1.29, 1.82) is 0 Å². The fraction of sp³-hybridized carbons (Fsp3) is 0.400. The predicted octanol–water partition coefficient (Wildman–Crippen LogP) is 3.00. The van der Waals surface area contributed by atoms with E-state index in [4.69, 9.17) is 4.74 Å². The number of hydrogen-bond donors (Lipinski definition) is 1. The molecule has 1 aliphatic rings. The van der Waals surface area contributed by atoms with Crippen LogP contribution in [0.3, 0.4) is 0 Å². The lowest BCUT2D eigenvalue weighted by molar-refractivity contribution is 0.253. The number of nitrogens with one attached hydrogen (secondary N) is 1. The highest BCUT2D eigenvalue weighted by Crippen LogP contribution is 2.26. The zero-order chi connectivity index (χ0) is 19.5. The Morgan fingerprint density at radius 2 is 1.93 bits per heavy atom. The quantitative estimate of drug-likeness (QED) is 0.705. The average Bonchev–Trinajstić information content (AvgIpc) is 3.17. The monoisotopic (exact) mass is 387 g/mol. The number of aryl methyl sites for hydroxylation is 1. The lowest BCUT2D eigenvalue weighted by atomic mass is 10.1. The molecule has 0 atom stereocenters. The summed E-state index contributed by atoms with van der Waals surface area (Å²) < 4.78 is 33.2. The van der Waals surface area contributed by atoms with Crippen LogP contribution >= 0.6 is 0 Å². The van der Waals surface area contributed by atoms with Crippen molar-refractivity contribution >= 4 is 16.7 Å². The van der Waals surface area contributed by atoms with Crippen LogP contribution in [0.15, 0.2) is 30.9 Å². The number of nitrogens with zero attached hydrogens (tertiary/aromatic N) is 4. The molecule has 3 heterocycles. The predicted molar refractivity (Wildman–Crippen MR) is 104 cm³/mol. The molecular formula is C20H23F2N5O. The number of piperazine rings is 1. The van der Waals surface area contributed by atoms with Gasteiger partial charge in [-0.1, -0.05) is 0 Å². The Hall–Kier alpha value is -2.74. The minimum Gasteiger partial charge on any atom is -0.491 e. The summed E-state index contributed by atoms with van der Waals surface area (Å²) in [7, 11) is 1.62. The average molecular weight is 387 g/mol. The number of benzene rings is 1. The Kier molecular flexibility index (Phi) is 5.38. The Morgan fingerprint density at radius 3 is 2.71 bits per heavy atom. The zero-order valence-corrected chi connectivity index (χ0v) is 15.8. The Balaban J connectivity index is 1.31. The van der Waals surface area contributed by atoms with Gasteiger partial charge < -0.3 is 14.6 Å². The summed E-state index contributed by atoms with van der Waals surface area (Å²) in [5, 5.41) is 0.376. The van der Waals surface area contributed by atoms with Crippen LogP contribution in [-0.2, 0) is 6.42 Å². The first-order chi connectivity index (χ1) is 13.7. The summed E-state index contributed by atoms with van der Waals surface area (Å²) in [4.78, 5) is 15.8. The van der Waals surface area contributed by atoms with Gasteiger partial charge in [0.1, 0.15) is 18.0 Å². The molecule has 1 N–H and O–H groups in total. The van der Waals surface area contributed by atoms with Crippen molar-refractivity contribution in [3.05, 3.63) is 48.1 Å². The number of ether oxygens (including phenoxy) is 1. The van der Waals surface area contributed by atoms with Gasteiger partial charge in [0.05, 0.1) is 18.8 Å². The summed E-state index contributed by atoms with van der Waals surface area (Å²) in [5.41, 5.74) is 1.08. The summed E-state index contributed by atoms with van der Waals surface area (Å²) >= 11 is 0. The van der Waals surface area contributed by atoms with Crippen LogP contribution in [0, 0.1) is 11.6 Å². The van der Waals surface area contributed by atoms with E-state index < -0.39 is 5.82 Å². The van der Waals surface area contributed by atoms with Crippen molar-refractivity contribution in [3.8, 4) is 5.75 Å². The molecular weight excluding hydrogens is 364 g/mol. The summed E-state index contributed by atoms with van der Waals surface area (Å²) in [6, 6.07) is 2.35. The maximum Gasteiger partial charge on any atom is 0.179 e. The number of hydrogen-bond acceptors (Lipinski definition) is 5. The largest absolute Gasteiger partial charge is 0.491 e. The highest BCUT2D eigenvalue weighted by atomic mass is 19.1. The highest BCUT2D eigenvalue weighted by Gasteiger charge is 2.21. The van der Waals surface area contributed by atoms with Gasteiger partial charge in [-0.2, -0.15) is 0 Å². The molecule has 4 rings (SSSR count). The van der Waals surface area contributed by atoms with E-state index in [0.717, 1.165) is 56.6 Å². The number of halogens is 2. The molecule has 6 nitrogen and oxygen atoms in total. The second-order valence-electron chi connectivity index (χ2n) is 6.94. The van der Waals surface area contributed by atoms with Gasteiger partial charge in [0, 0.05) is 37.8 Å². The van der Waals surface area contributed by atoms with E-state index in [1.54, 1.807) is 19.5 Å². The van der Waals surface area contributed by atoms with Gasteiger partial charge >= 0.3 is 0 Å². The number of anilines is 1. The van der Waals surface area contributed by atoms with Gasteiger partial charge in [0.15, 0.2) is 11.6 Å². The van der Waals surface area contributed by atoms with Crippen molar-refractivity contribution in [2.75, 3.05) is 44.7 Å². The maximum absolute atomic E-state index is 14.1. The number of aromatic nitrogens is 3. The van der Waals surface area contributed by atoms with E-state index in [9.17, 15) is 8.78 Å². The fourth-order valence-corrected chi connectivity index (χ4v) is 3.80. The van der Waals surface area contributed by atoms with Gasteiger partial charge in [-0.05, 0) is 37.1 Å². The minimum atomic E-state index is -0.418. The Labute approximate surface area is 162 Å². The fourth-order valence-electron chi connectivity index (χ4n) is 3.80. The SMILES string of the molecule is COc1cncnc1N1CCN(CCCc2c[nH]c3c(F)ccc(F)c23)CC1. The molecule has 0 radical (unpaired) electrons. The zero-order valence-electron chi connectivity index (χ0n) is 15.8. The van der Waals surface area contributed by atoms with E-state index >= 15 is 0 Å². The summed E-state index contributed by atoms with van der Waals surface area (Å²) in [6.07, 6.45) is 6.53. The molecule has 8 heteroatoms. The molecule has 1 aliphatic heterocycles. The first kappa shape index (κ1) is 18.6. The van der Waals surface area contributed by atoms with Gasteiger partial charge in [-0.15, -0.1) is 0 Å². The highest BCUT2D eigenvalue weighted by molar-refractivity contribution is 5.84. The normalized spacial score (nSPS) is 15.3. The maximum atomic E-state index is 14.1. The molecule has 0 amide bonds. The van der Waals surface area contributed by atoms with Crippen LogP contribution in [-0.4, -0.2) is 59.7 Å². The van der Waals surface area contributed by atoms with Crippen LogP contribution in [0.1, 0.15) is 12.0 Å². The van der Waals surface area contributed by atoms with Crippen LogP contribution in [0.2, 0.25) is 0 Å². The molecule has 0 bridgehead atoms. The van der Waals surface area contributed by atoms with E-state index in [1.165, 1.54) is 12.4 Å². The van der Waals surface area contributed by atoms with E-state index in [2.05, 4.69) is 24.8 Å². The van der Waals surface area contributed by atoms with Gasteiger partial charge in [0.2, 0.25) is 0 Å². The number of H-pyrrole nitrogens is 1. The molecule has 0 spiro atoms. The molecule has 2 aromatic heterocycles. The van der Waals surface area contributed by atoms with Crippen LogP contribution in [0.5, 0.6) is 5.75 Å². The van der Waals surface area contributed by atoms with Crippen LogP contribution < -0.4 is 9.64 Å². The van der Waals surface area contributed by atoms with Crippen molar-refractivity contribution in [3.63, 3.8) is 0 Å². The van der Waals surface area contributed by atoms with Gasteiger partial charge in [0.25, 0.3) is 0 Å². The molecule has 1 aromatic carbocycles. The van der Waals surface area contributed by atoms with Crippen molar-refractivity contribution in [2.45, 2.75) is 12.8 Å². The number of methoxy groups -OCH3 is 1. The minimum absolute atomic E-state index is 0.252. The second-order valence-corrected chi connectivity index (χ2v) is 6.94. The molecule has 148 valence electrons. The summed E-state index contributed by atoms with van der Waals surface area (Å²) in [6.45, 7) is 4.48. The first-order valence-corrected chi connectivity index (χ1v) is 9.42. The third kappa shape index (κ3) is 3.64. The topological polar surface area (TPSA) is 57.3 Å². The summed E-state index contributed by atoms with van der Waals surface area (Å²) in [5.74, 6) is 0.719. The van der Waals surface area contributed by atoms with Crippen molar-refractivity contribution in [2.24, 2.45) is 0 Å². The third-order valence-corrected chi connectivity index (χ3v) is 5.29. The molecule has 1 fully saturated rings. The smallest absolute Gasteiger partial charge is 0.179 e. The molecule has 28 heavy (non-hydrogen) atoms. The molecule has 1 saturated heterocycles. The van der Waals surface area contributed by atoms with Crippen LogP contribution in [0.25, 0.3) is 10.9 Å². The Morgan fingerprint density at radius 1 is 1.14 bits per heavy atom. The van der Waals surface area contributed by atoms with E-state index in [0.29, 0.717) is 17.6 Å². The molecule has 0 saturated carbocycles. The Bertz CT molecular complexity index is 953. The lowest BCUT2D eigenvalue weighted by Crippen LogP contribution is -2.47. The van der Waals surface area contributed by atoms with Crippen molar-refractivity contribution in [1.82, 2.24) is 19.9 Å². The van der Waals surface area contributed by atoms with E-state index in [-0.39, 0.29) is 11.3 Å². The second kappa shape index (κ2) is 8.10. The van der Waals surface area contributed by atoms with Crippen LogP contribution in [0.4, 0.5) is 14.6 Å². The third-order valence-electron chi connectivity index (χ3n) is 5.29. The number of rotatable bonds is 6. The standard InChI is InChI=1S/C20H23F2N5O/c1-28-17-12-23-13-25-20(17)27-9-7-26(8-10-27)6-2-3-14-11-24-19-16(22)5-4-15(21)18(14)19/h4-5,11-13,24H,2-3,6-10H2,1H3. The molecule has 0 aliphatic carbocycles.